The van der Waals surface area contributed by atoms with Crippen LogP contribution >= 0.6 is 23.2 Å². The lowest BCUT2D eigenvalue weighted by molar-refractivity contribution is 0.0536. The Hall–Kier alpha value is -2.60. The van der Waals surface area contributed by atoms with Crippen LogP contribution in [0, 0.1) is 17.2 Å². The highest BCUT2D eigenvalue weighted by molar-refractivity contribution is 6.39. The van der Waals surface area contributed by atoms with Gasteiger partial charge in [0.2, 0.25) is 11.9 Å². The van der Waals surface area contributed by atoms with E-state index in [1.807, 2.05) is 13.1 Å². The fourth-order valence-corrected chi connectivity index (χ4v) is 3.87. The fourth-order valence-electron chi connectivity index (χ4n) is 3.29. The van der Waals surface area contributed by atoms with E-state index in [9.17, 15) is 0 Å². The highest BCUT2D eigenvalue weighted by Crippen LogP contribution is 2.34. The number of fused-ring (bicyclic) bond motifs is 1. The van der Waals surface area contributed by atoms with Crippen molar-refractivity contribution in [2.24, 2.45) is 13.0 Å². The van der Waals surface area contributed by atoms with Crippen LogP contribution in [0.2, 0.25) is 10.0 Å². The van der Waals surface area contributed by atoms with Crippen LogP contribution in [-0.2, 0) is 11.8 Å². The highest BCUT2D eigenvalue weighted by atomic mass is 35.5. The first kappa shape index (κ1) is 19.7. The maximum Gasteiger partial charge on any atom is 0.224 e. The molecule has 2 atom stereocenters. The van der Waals surface area contributed by atoms with Crippen molar-refractivity contribution in [3.8, 4) is 6.07 Å². The van der Waals surface area contributed by atoms with Crippen molar-refractivity contribution in [1.82, 2.24) is 19.5 Å². The van der Waals surface area contributed by atoms with E-state index in [2.05, 4.69) is 32.5 Å². The van der Waals surface area contributed by atoms with Crippen LogP contribution in [0.25, 0.3) is 11.2 Å². The van der Waals surface area contributed by atoms with E-state index in [1.54, 1.807) is 22.9 Å². The third-order valence-corrected chi connectivity index (χ3v) is 5.57. The number of aryl methyl sites for hydroxylation is 1. The molecule has 1 aliphatic rings. The molecule has 150 valence electrons. The normalized spacial score (nSPS) is 19.1. The molecule has 1 fully saturated rings. The van der Waals surface area contributed by atoms with Gasteiger partial charge in [0.05, 0.1) is 40.2 Å². The maximum atomic E-state index is 9.03. The van der Waals surface area contributed by atoms with Crippen molar-refractivity contribution in [2.45, 2.75) is 19.4 Å². The molecule has 0 amide bonds. The van der Waals surface area contributed by atoms with Crippen LogP contribution in [-0.4, -0.2) is 38.8 Å². The zero-order chi connectivity index (χ0) is 20.5. The summed E-state index contributed by atoms with van der Waals surface area (Å²) in [5.41, 5.74) is 2.18. The number of aromatic nitrogens is 4. The minimum Gasteiger partial charge on any atom is -0.381 e. The predicted octanol–water partition coefficient (Wildman–Crippen LogP) is 4.12. The molecule has 3 aromatic rings. The van der Waals surface area contributed by atoms with Crippen LogP contribution in [0.4, 0.5) is 17.6 Å². The van der Waals surface area contributed by atoms with Gasteiger partial charge in [0, 0.05) is 19.7 Å². The van der Waals surface area contributed by atoms with Gasteiger partial charge >= 0.3 is 0 Å². The van der Waals surface area contributed by atoms with Crippen LogP contribution in [0.15, 0.2) is 18.3 Å². The van der Waals surface area contributed by atoms with Gasteiger partial charge in [-0.1, -0.05) is 30.1 Å². The molecule has 4 rings (SSSR count). The molecule has 2 aromatic heterocycles. The highest BCUT2D eigenvalue weighted by Gasteiger charge is 2.23. The lowest BCUT2D eigenvalue weighted by Crippen LogP contribution is -2.36. The smallest absolute Gasteiger partial charge is 0.224 e. The average Bonchev–Trinajstić information content (AvgIpc) is 3.01. The minimum absolute atomic E-state index is 0.267. The summed E-state index contributed by atoms with van der Waals surface area (Å²) >= 11 is 12.6. The average molecular weight is 432 g/mol. The van der Waals surface area contributed by atoms with Gasteiger partial charge in [-0.05, 0) is 24.5 Å². The van der Waals surface area contributed by atoms with Crippen molar-refractivity contribution in [1.29, 1.82) is 5.26 Å². The summed E-state index contributed by atoms with van der Waals surface area (Å²) in [4.78, 5) is 13.6. The second kappa shape index (κ2) is 8.03. The first-order valence-corrected chi connectivity index (χ1v) is 9.91. The van der Waals surface area contributed by atoms with E-state index < -0.39 is 0 Å². The Morgan fingerprint density at radius 2 is 2.03 bits per heavy atom. The molecule has 0 aliphatic carbocycles. The SMILES string of the molecule is C[C@@H]1COCC[C@@H]1Nc1ncc2nc(Nc3c(Cl)cc(C#N)cc3Cl)n(C)c2n1. The monoisotopic (exact) mass is 431 g/mol. The Bertz CT molecular complexity index is 1080. The number of hydrogen-bond donors (Lipinski definition) is 2. The van der Waals surface area contributed by atoms with Gasteiger partial charge < -0.3 is 15.4 Å². The molecule has 0 unspecified atom stereocenters. The van der Waals surface area contributed by atoms with Crippen LogP contribution < -0.4 is 10.6 Å². The topological polar surface area (TPSA) is 101 Å². The van der Waals surface area contributed by atoms with E-state index >= 15 is 0 Å². The molecule has 1 aromatic carbocycles. The van der Waals surface area contributed by atoms with Crippen molar-refractivity contribution in [3.05, 3.63) is 33.9 Å². The van der Waals surface area contributed by atoms with E-state index in [0.717, 1.165) is 19.6 Å². The van der Waals surface area contributed by atoms with Gasteiger partial charge in [-0.3, -0.25) is 4.57 Å². The molecular formula is C19H19Cl2N7O. The summed E-state index contributed by atoms with van der Waals surface area (Å²) in [6.45, 7) is 3.61. The number of nitrogens with one attached hydrogen (secondary N) is 2. The van der Waals surface area contributed by atoms with Gasteiger partial charge in [0.25, 0.3) is 0 Å². The summed E-state index contributed by atoms with van der Waals surface area (Å²) < 4.78 is 7.30. The number of benzene rings is 1. The molecule has 3 heterocycles. The number of hydrogen-bond acceptors (Lipinski definition) is 7. The van der Waals surface area contributed by atoms with Crippen molar-refractivity contribution in [3.63, 3.8) is 0 Å². The number of rotatable bonds is 4. The zero-order valence-electron chi connectivity index (χ0n) is 15.9. The quantitative estimate of drug-likeness (QED) is 0.640. The molecule has 1 saturated heterocycles. The van der Waals surface area contributed by atoms with Gasteiger partial charge in [-0.25, -0.2) is 9.97 Å². The lowest BCUT2D eigenvalue weighted by Gasteiger charge is -2.29. The number of ether oxygens (including phenoxy) is 1. The number of imidazole rings is 1. The molecule has 2 N–H and O–H groups in total. The van der Waals surface area contributed by atoms with Crippen molar-refractivity contribution >= 4 is 51.9 Å². The Labute approximate surface area is 177 Å². The Balaban J connectivity index is 1.62. The molecule has 1 aliphatic heterocycles. The number of halogens is 2. The van der Waals surface area contributed by atoms with Crippen molar-refractivity contribution < 1.29 is 4.74 Å². The third-order valence-electron chi connectivity index (χ3n) is 4.98. The van der Waals surface area contributed by atoms with Gasteiger partial charge in [-0.2, -0.15) is 10.2 Å². The Morgan fingerprint density at radius 3 is 2.72 bits per heavy atom. The first-order valence-electron chi connectivity index (χ1n) is 9.16. The summed E-state index contributed by atoms with van der Waals surface area (Å²) in [6.07, 6.45) is 2.60. The number of anilines is 3. The van der Waals surface area contributed by atoms with Crippen LogP contribution in [0.3, 0.4) is 0 Å². The lowest BCUT2D eigenvalue weighted by atomic mass is 9.98. The third kappa shape index (κ3) is 3.94. The molecule has 0 spiro atoms. The maximum absolute atomic E-state index is 9.03. The molecule has 0 bridgehead atoms. The van der Waals surface area contributed by atoms with Crippen molar-refractivity contribution in [2.75, 3.05) is 23.8 Å². The Morgan fingerprint density at radius 1 is 1.28 bits per heavy atom. The van der Waals surface area contributed by atoms with E-state index in [-0.39, 0.29) is 6.04 Å². The molecule has 29 heavy (non-hydrogen) atoms. The van der Waals surface area contributed by atoms with Crippen LogP contribution in [0.1, 0.15) is 18.9 Å². The van der Waals surface area contributed by atoms with Gasteiger partial charge in [0.1, 0.15) is 5.52 Å². The van der Waals surface area contributed by atoms with Crippen LogP contribution in [0.5, 0.6) is 0 Å². The second-order valence-electron chi connectivity index (χ2n) is 7.04. The standard InChI is InChI=1S/C19H19Cl2N7O/c1-10-9-29-4-3-14(10)24-18-23-8-15-17(27-18)28(2)19(25-15)26-16-12(20)5-11(7-22)6-13(16)21/h5-6,8,10,14H,3-4,9H2,1-2H3,(H,25,26)(H,23,24,27)/t10-,14+/m1/s1. The predicted molar refractivity (Wildman–Crippen MR) is 113 cm³/mol. The largest absolute Gasteiger partial charge is 0.381 e. The van der Waals surface area contributed by atoms with E-state index in [1.165, 1.54) is 0 Å². The van der Waals surface area contributed by atoms with Gasteiger partial charge in [-0.15, -0.1) is 0 Å². The second-order valence-corrected chi connectivity index (χ2v) is 7.85. The molecule has 0 radical (unpaired) electrons. The zero-order valence-corrected chi connectivity index (χ0v) is 17.4. The summed E-state index contributed by atoms with van der Waals surface area (Å²) in [5, 5.41) is 16.2. The molecule has 8 nitrogen and oxygen atoms in total. The summed E-state index contributed by atoms with van der Waals surface area (Å²) in [6, 6.07) is 5.39. The molecule has 0 saturated carbocycles. The summed E-state index contributed by atoms with van der Waals surface area (Å²) in [7, 11) is 1.84. The van der Waals surface area contributed by atoms with E-state index in [0.29, 0.717) is 50.3 Å². The minimum atomic E-state index is 0.267. The van der Waals surface area contributed by atoms with Gasteiger partial charge in [0.15, 0.2) is 5.65 Å². The number of nitrogens with zero attached hydrogens (tertiary/aromatic N) is 5. The summed E-state index contributed by atoms with van der Waals surface area (Å²) in [5.74, 6) is 1.45. The first-order chi connectivity index (χ1) is 14.0. The number of nitriles is 1. The Kier molecular flexibility index (Phi) is 5.46. The van der Waals surface area contributed by atoms with E-state index in [4.69, 9.17) is 33.2 Å². The molecular weight excluding hydrogens is 413 g/mol. The fraction of sp³-hybridized carbons (Fsp3) is 0.368. The molecule has 10 heteroatoms.